The van der Waals surface area contributed by atoms with Gasteiger partial charge in [-0.3, -0.25) is 0 Å². The van der Waals surface area contributed by atoms with Crippen molar-refractivity contribution in [2.45, 2.75) is 18.7 Å². The molecule has 35 heavy (non-hydrogen) atoms. The second kappa shape index (κ2) is 9.47. The van der Waals surface area contributed by atoms with Crippen molar-refractivity contribution < 1.29 is 21.6 Å². The summed E-state index contributed by atoms with van der Waals surface area (Å²) in [7, 11) is -4.73. The zero-order valence-corrected chi connectivity index (χ0v) is 19.7. The molecule has 0 atom stereocenters. The first-order valence-corrected chi connectivity index (χ1v) is 11.7. The summed E-state index contributed by atoms with van der Waals surface area (Å²) in [4.78, 5) is 15.1. The van der Waals surface area contributed by atoms with E-state index < -0.39 is 37.7 Å². The van der Waals surface area contributed by atoms with E-state index in [1.807, 2.05) is 0 Å². The van der Waals surface area contributed by atoms with Crippen LogP contribution < -0.4 is 9.62 Å². The van der Waals surface area contributed by atoms with Gasteiger partial charge in [0, 0.05) is 12.3 Å². The number of aryl methyl sites for hydroxylation is 2. The number of benzene rings is 1. The lowest BCUT2D eigenvalue weighted by Crippen LogP contribution is -2.28. The maximum absolute atomic E-state index is 14.5. The molecule has 1 N–H and O–H groups in total. The Morgan fingerprint density at radius 3 is 2.34 bits per heavy atom. The van der Waals surface area contributed by atoms with Crippen molar-refractivity contribution in [2.75, 3.05) is 9.62 Å². The monoisotopic (exact) mass is 520 g/mol. The topological polar surface area (TPSA) is 101 Å². The Morgan fingerprint density at radius 1 is 0.943 bits per heavy atom. The fourth-order valence-electron chi connectivity index (χ4n) is 3.24. The lowest BCUT2D eigenvalue weighted by Gasteiger charge is -2.26. The first-order chi connectivity index (χ1) is 16.6. The molecule has 0 spiro atoms. The Labute approximate surface area is 203 Å². The number of hydrogen-bond donors (Lipinski definition) is 1. The number of rotatable bonds is 6. The van der Waals surface area contributed by atoms with Crippen molar-refractivity contribution >= 4 is 44.6 Å². The van der Waals surface area contributed by atoms with Crippen LogP contribution in [0, 0.1) is 31.4 Å². The lowest BCUT2D eigenvalue weighted by atomic mass is 10.2. The summed E-state index contributed by atoms with van der Waals surface area (Å²) < 4.78 is 69.7. The van der Waals surface area contributed by atoms with Gasteiger partial charge in [-0.05, 0) is 55.8 Å². The van der Waals surface area contributed by atoms with Gasteiger partial charge in [-0.1, -0.05) is 11.6 Å². The Kier molecular flexibility index (Phi) is 6.59. The Hall–Kier alpha value is -3.77. The van der Waals surface area contributed by atoms with Gasteiger partial charge >= 0.3 is 0 Å². The highest BCUT2D eigenvalue weighted by atomic mass is 35.5. The molecule has 180 valence electrons. The standard InChI is InChI=1S/C22H16ClF3N6O2S/c1-12-9-18(26)30-22(23)21(12)32(35(33,34)17-5-3-14(24)10-16(17)25)15-4-6-19(28-11-15)31-20-7-8-27-13(2)29-20/h3-11H,1-2H3,(H,27,28,29,31). The van der Waals surface area contributed by atoms with E-state index in [4.69, 9.17) is 11.6 Å². The van der Waals surface area contributed by atoms with Crippen molar-refractivity contribution in [3.63, 3.8) is 0 Å². The molecule has 1 aromatic carbocycles. The van der Waals surface area contributed by atoms with Crippen LogP contribution in [0.3, 0.4) is 0 Å². The largest absolute Gasteiger partial charge is 0.325 e. The molecule has 0 fully saturated rings. The molecule has 3 aromatic heterocycles. The van der Waals surface area contributed by atoms with Crippen LogP contribution in [0.15, 0.2) is 59.8 Å². The highest BCUT2D eigenvalue weighted by molar-refractivity contribution is 7.93. The van der Waals surface area contributed by atoms with Gasteiger partial charge in [-0.15, -0.1) is 0 Å². The molecule has 0 aliphatic carbocycles. The van der Waals surface area contributed by atoms with Gasteiger partial charge < -0.3 is 5.32 Å². The minimum atomic E-state index is -4.73. The minimum absolute atomic E-state index is 0.0587. The smallest absolute Gasteiger partial charge is 0.271 e. The molecule has 0 aliphatic heterocycles. The van der Waals surface area contributed by atoms with Gasteiger partial charge in [0.25, 0.3) is 10.0 Å². The number of aromatic nitrogens is 4. The van der Waals surface area contributed by atoms with Gasteiger partial charge in [0.15, 0.2) is 5.15 Å². The Bertz CT molecular complexity index is 1500. The first-order valence-electron chi connectivity index (χ1n) is 9.92. The average Bonchev–Trinajstić information content (AvgIpc) is 2.76. The second-order valence-corrected chi connectivity index (χ2v) is 9.37. The molecular formula is C22H16ClF3N6O2S. The molecule has 0 aliphatic rings. The summed E-state index contributed by atoms with van der Waals surface area (Å²) in [5, 5.41) is 2.47. The van der Waals surface area contributed by atoms with E-state index in [1.165, 1.54) is 25.3 Å². The molecule has 13 heteroatoms. The predicted octanol–water partition coefficient (Wildman–Crippen LogP) is 5.22. The molecule has 0 saturated carbocycles. The third-order valence-electron chi connectivity index (χ3n) is 4.74. The summed E-state index contributed by atoms with van der Waals surface area (Å²) >= 11 is 6.13. The molecule has 4 rings (SSSR count). The van der Waals surface area contributed by atoms with Crippen molar-refractivity contribution in [1.29, 1.82) is 0 Å². The summed E-state index contributed by atoms with van der Waals surface area (Å²) in [5.74, 6) is -1.90. The number of nitrogens with zero attached hydrogens (tertiary/aromatic N) is 5. The number of halogens is 4. The Balaban J connectivity index is 1.84. The number of sulfonamides is 1. The van der Waals surface area contributed by atoms with Crippen LogP contribution in [0.2, 0.25) is 5.15 Å². The third-order valence-corrected chi connectivity index (χ3v) is 6.76. The number of anilines is 4. The van der Waals surface area contributed by atoms with Crippen molar-refractivity contribution in [3.05, 3.63) is 89.0 Å². The normalized spacial score (nSPS) is 11.4. The summed E-state index contributed by atoms with van der Waals surface area (Å²) in [6, 6.07) is 7.46. The maximum Gasteiger partial charge on any atom is 0.271 e. The van der Waals surface area contributed by atoms with Crippen molar-refractivity contribution in [2.24, 2.45) is 0 Å². The molecule has 0 unspecified atom stereocenters. The van der Waals surface area contributed by atoms with E-state index in [9.17, 15) is 21.6 Å². The predicted molar refractivity (Wildman–Crippen MR) is 124 cm³/mol. The van der Waals surface area contributed by atoms with E-state index >= 15 is 0 Å². The van der Waals surface area contributed by atoms with Gasteiger partial charge in [0.1, 0.15) is 34.0 Å². The second-order valence-electron chi connectivity index (χ2n) is 7.26. The van der Waals surface area contributed by atoms with E-state index in [1.54, 1.807) is 19.2 Å². The van der Waals surface area contributed by atoms with Crippen LogP contribution >= 0.6 is 11.6 Å². The molecule has 3 heterocycles. The molecular weight excluding hydrogens is 505 g/mol. The fourth-order valence-corrected chi connectivity index (χ4v) is 5.20. The summed E-state index contributed by atoms with van der Waals surface area (Å²) in [6.07, 6.45) is 2.74. The third kappa shape index (κ3) is 5.03. The van der Waals surface area contributed by atoms with Crippen LogP contribution in [0.5, 0.6) is 0 Å². The number of pyridine rings is 2. The molecule has 8 nitrogen and oxygen atoms in total. The van der Waals surface area contributed by atoms with E-state index in [0.717, 1.165) is 18.2 Å². The van der Waals surface area contributed by atoms with Gasteiger partial charge in [0.05, 0.1) is 17.6 Å². The lowest BCUT2D eigenvalue weighted by molar-refractivity contribution is 0.548. The first kappa shape index (κ1) is 24.4. The molecule has 0 saturated heterocycles. The van der Waals surface area contributed by atoms with Gasteiger partial charge in [-0.2, -0.15) is 4.39 Å². The van der Waals surface area contributed by atoms with Crippen LogP contribution in [-0.4, -0.2) is 28.4 Å². The Morgan fingerprint density at radius 2 is 1.71 bits per heavy atom. The van der Waals surface area contributed by atoms with Crippen LogP contribution in [0.4, 0.5) is 36.2 Å². The highest BCUT2D eigenvalue weighted by Gasteiger charge is 2.33. The van der Waals surface area contributed by atoms with Crippen LogP contribution in [0.1, 0.15) is 11.4 Å². The minimum Gasteiger partial charge on any atom is -0.325 e. The fraction of sp³-hybridized carbons (Fsp3) is 0.0909. The van der Waals surface area contributed by atoms with Crippen molar-refractivity contribution in [3.8, 4) is 0 Å². The summed E-state index contributed by atoms with van der Waals surface area (Å²) in [6.45, 7) is 3.12. The van der Waals surface area contributed by atoms with Crippen LogP contribution in [-0.2, 0) is 10.0 Å². The summed E-state index contributed by atoms with van der Waals surface area (Å²) in [5.41, 5.74) is -0.172. The van der Waals surface area contributed by atoms with E-state index in [0.29, 0.717) is 27.8 Å². The zero-order chi connectivity index (χ0) is 25.3. The number of nitrogens with one attached hydrogen (secondary N) is 1. The number of hydrogen-bond acceptors (Lipinski definition) is 7. The quantitative estimate of drug-likeness (QED) is 0.348. The van der Waals surface area contributed by atoms with E-state index in [2.05, 4.69) is 25.3 Å². The molecule has 4 aromatic rings. The molecule has 0 radical (unpaired) electrons. The van der Waals surface area contributed by atoms with Crippen LogP contribution in [0.25, 0.3) is 0 Å². The van der Waals surface area contributed by atoms with Gasteiger partial charge in [-0.25, -0.2) is 41.4 Å². The van der Waals surface area contributed by atoms with E-state index in [-0.39, 0.29) is 16.9 Å². The average molecular weight is 521 g/mol. The molecule has 0 bridgehead atoms. The van der Waals surface area contributed by atoms with Gasteiger partial charge in [0.2, 0.25) is 5.95 Å². The van der Waals surface area contributed by atoms with Crippen molar-refractivity contribution in [1.82, 2.24) is 19.9 Å². The maximum atomic E-state index is 14.5. The molecule has 0 amide bonds. The highest BCUT2D eigenvalue weighted by Crippen LogP contribution is 2.39. The zero-order valence-electron chi connectivity index (χ0n) is 18.2. The SMILES string of the molecule is Cc1nccc(Nc2ccc(N(c3c(C)cc(F)nc3Cl)S(=O)(=O)c3ccc(F)cc3F)cn2)n1.